The summed E-state index contributed by atoms with van der Waals surface area (Å²) in [6, 6.07) is 10.4. The van der Waals surface area contributed by atoms with Gasteiger partial charge in [-0.25, -0.2) is 0 Å². The maximum absolute atomic E-state index is 5.88. The van der Waals surface area contributed by atoms with E-state index in [0.717, 1.165) is 35.5 Å². The second-order valence-corrected chi connectivity index (χ2v) is 5.12. The zero-order chi connectivity index (χ0) is 13.0. The minimum Gasteiger partial charge on any atom is -0.460 e. The first-order valence-corrected chi connectivity index (χ1v) is 7.12. The van der Waals surface area contributed by atoms with Gasteiger partial charge in [-0.1, -0.05) is 29.8 Å². The van der Waals surface area contributed by atoms with Crippen LogP contribution in [-0.2, 0) is 13.0 Å². The van der Waals surface area contributed by atoms with Crippen molar-refractivity contribution >= 4 is 15.9 Å². The first kappa shape index (κ1) is 13.4. The molecule has 0 bridgehead atoms. The molecule has 0 fully saturated rings. The van der Waals surface area contributed by atoms with Gasteiger partial charge in [-0.05, 0) is 48.9 Å². The number of hydrogen-bond acceptors (Lipinski definition) is 2. The maximum atomic E-state index is 5.88. The van der Waals surface area contributed by atoms with E-state index in [0.29, 0.717) is 0 Å². The standard InChI is InChI=1S/C15H18BrNO/c1-3-11-9-12(16)5-7-14(11)15-8-6-13(18-15)10-17-4-2/h5-9,17H,3-4,10H2,1-2H3. The summed E-state index contributed by atoms with van der Waals surface area (Å²) in [4.78, 5) is 0. The van der Waals surface area contributed by atoms with E-state index < -0.39 is 0 Å². The number of nitrogens with one attached hydrogen (secondary N) is 1. The molecular formula is C15H18BrNO. The Morgan fingerprint density at radius 1 is 1.17 bits per heavy atom. The highest BCUT2D eigenvalue weighted by Crippen LogP contribution is 2.28. The lowest BCUT2D eigenvalue weighted by atomic mass is 10.0. The Hall–Kier alpha value is -1.06. The van der Waals surface area contributed by atoms with E-state index in [-0.39, 0.29) is 0 Å². The van der Waals surface area contributed by atoms with Crippen LogP contribution in [0.3, 0.4) is 0 Å². The van der Waals surface area contributed by atoms with E-state index in [1.807, 2.05) is 6.07 Å². The maximum Gasteiger partial charge on any atom is 0.134 e. The van der Waals surface area contributed by atoms with Crippen LogP contribution in [0.4, 0.5) is 0 Å². The average molecular weight is 308 g/mol. The van der Waals surface area contributed by atoms with Gasteiger partial charge in [-0.2, -0.15) is 0 Å². The largest absolute Gasteiger partial charge is 0.460 e. The summed E-state index contributed by atoms with van der Waals surface area (Å²) in [5, 5.41) is 3.27. The lowest BCUT2D eigenvalue weighted by molar-refractivity contribution is 0.498. The van der Waals surface area contributed by atoms with Crippen molar-refractivity contribution < 1.29 is 4.42 Å². The van der Waals surface area contributed by atoms with Crippen LogP contribution >= 0.6 is 15.9 Å². The second-order valence-electron chi connectivity index (χ2n) is 4.20. The SMILES string of the molecule is CCNCc1ccc(-c2ccc(Br)cc2CC)o1. The van der Waals surface area contributed by atoms with Gasteiger partial charge in [0, 0.05) is 10.0 Å². The molecule has 0 saturated carbocycles. The molecule has 0 radical (unpaired) electrons. The van der Waals surface area contributed by atoms with E-state index in [2.05, 4.69) is 59.4 Å². The highest BCUT2D eigenvalue weighted by atomic mass is 79.9. The van der Waals surface area contributed by atoms with Crippen LogP contribution in [-0.4, -0.2) is 6.54 Å². The van der Waals surface area contributed by atoms with Crippen molar-refractivity contribution in [1.29, 1.82) is 0 Å². The summed E-state index contributed by atoms with van der Waals surface area (Å²) >= 11 is 3.51. The smallest absolute Gasteiger partial charge is 0.134 e. The number of halogens is 1. The van der Waals surface area contributed by atoms with Gasteiger partial charge in [0.05, 0.1) is 6.54 Å². The molecular weight excluding hydrogens is 290 g/mol. The summed E-state index contributed by atoms with van der Waals surface area (Å²) < 4.78 is 6.99. The Balaban J connectivity index is 2.28. The number of furan rings is 1. The van der Waals surface area contributed by atoms with E-state index >= 15 is 0 Å². The van der Waals surface area contributed by atoms with Gasteiger partial charge >= 0.3 is 0 Å². The van der Waals surface area contributed by atoms with E-state index in [9.17, 15) is 0 Å². The van der Waals surface area contributed by atoms with Gasteiger partial charge in [0.25, 0.3) is 0 Å². The highest BCUT2D eigenvalue weighted by Gasteiger charge is 2.09. The quantitative estimate of drug-likeness (QED) is 0.886. The van der Waals surface area contributed by atoms with Crippen molar-refractivity contribution in [3.8, 4) is 11.3 Å². The number of hydrogen-bond donors (Lipinski definition) is 1. The monoisotopic (exact) mass is 307 g/mol. The first-order valence-electron chi connectivity index (χ1n) is 6.32. The zero-order valence-corrected chi connectivity index (χ0v) is 12.4. The van der Waals surface area contributed by atoms with Crippen molar-refractivity contribution in [3.05, 3.63) is 46.1 Å². The van der Waals surface area contributed by atoms with Crippen molar-refractivity contribution in [2.75, 3.05) is 6.54 Å². The molecule has 2 rings (SSSR count). The van der Waals surface area contributed by atoms with Crippen molar-refractivity contribution in [3.63, 3.8) is 0 Å². The molecule has 96 valence electrons. The third-order valence-corrected chi connectivity index (χ3v) is 3.42. The molecule has 1 N–H and O–H groups in total. The molecule has 2 aromatic rings. The molecule has 0 aliphatic heterocycles. The highest BCUT2D eigenvalue weighted by molar-refractivity contribution is 9.10. The van der Waals surface area contributed by atoms with Crippen LogP contribution in [0, 0.1) is 0 Å². The minimum absolute atomic E-state index is 0.786. The van der Waals surface area contributed by atoms with Crippen molar-refractivity contribution in [1.82, 2.24) is 5.32 Å². The predicted molar refractivity (Wildman–Crippen MR) is 78.6 cm³/mol. The van der Waals surface area contributed by atoms with E-state index in [1.165, 1.54) is 11.1 Å². The molecule has 1 aromatic heterocycles. The van der Waals surface area contributed by atoms with Crippen LogP contribution in [0.25, 0.3) is 11.3 Å². The molecule has 18 heavy (non-hydrogen) atoms. The van der Waals surface area contributed by atoms with E-state index in [1.54, 1.807) is 0 Å². The van der Waals surface area contributed by atoms with Gasteiger partial charge in [0.1, 0.15) is 11.5 Å². The Morgan fingerprint density at radius 3 is 2.72 bits per heavy atom. The Bertz CT molecular complexity index is 519. The minimum atomic E-state index is 0.786. The third kappa shape index (κ3) is 3.03. The summed E-state index contributed by atoms with van der Waals surface area (Å²) in [7, 11) is 0. The fourth-order valence-electron chi connectivity index (χ4n) is 1.96. The average Bonchev–Trinajstić information content (AvgIpc) is 2.84. The number of rotatable bonds is 5. The summed E-state index contributed by atoms with van der Waals surface area (Å²) in [5.74, 6) is 1.93. The second kappa shape index (κ2) is 6.21. The number of benzene rings is 1. The lowest BCUT2D eigenvalue weighted by Gasteiger charge is -2.06. The van der Waals surface area contributed by atoms with Crippen molar-refractivity contribution in [2.45, 2.75) is 26.8 Å². The Morgan fingerprint density at radius 2 is 2.00 bits per heavy atom. The van der Waals surface area contributed by atoms with Crippen LogP contribution < -0.4 is 5.32 Å². The molecule has 1 aromatic carbocycles. The summed E-state index contributed by atoms with van der Waals surface area (Å²) in [6.45, 7) is 5.99. The fraction of sp³-hybridized carbons (Fsp3) is 0.333. The van der Waals surface area contributed by atoms with Crippen LogP contribution in [0.2, 0.25) is 0 Å². The molecule has 3 heteroatoms. The zero-order valence-electron chi connectivity index (χ0n) is 10.8. The van der Waals surface area contributed by atoms with Gasteiger partial charge in [0.2, 0.25) is 0 Å². The Kier molecular flexibility index (Phi) is 4.61. The fourth-order valence-corrected chi connectivity index (χ4v) is 2.37. The molecule has 0 unspecified atom stereocenters. The molecule has 0 amide bonds. The lowest BCUT2D eigenvalue weighted by Crippen LogP contribution is -2.10. The Labute approximate surface area is 117 Å². The number of aryl methyl sites for hydroxylation is 1. The van der Waals surface area contributed by atoms with Crippen LogP contribution in [0.15, 0.2) is 39.2 Å². The molecule has 0 aliphatic carbocycles. The summed E-state index contributed by atoms with van der Waals surface area (Å²) in [6.07, 6.45) is 0.998. The molecule has 1 heterocycles. The molecule has 2 nitrogen and oxygen atoms in total. The molecule has 0 aliphatic rings. The first-order chi connectivity index (χ1) is 8.74. The van der Waals surface area contributed by atoms with Gasteiger partial charge in [-0.3, -0.25) is 0 Å². The van der Waals surface area contributed by atoms with Gasteiger partial charge in [0.15, 0.2) is 0 Å². The predicted octanol–water partition coefficient (Wildman–Crippen LogP) is 4.38. The molecule has 0 saturated heterocycles. The normalized spacial score (nSPS) is 10.8. The van der Waals surface area contributed by atoms with Gasteiger partial charge < -0.3 is 9.73 Å². The van der Waals surface area contributed by atoms with Crippen LogP contribution in [0.1, 0.15) is 25.2 Å². The molecule has 0 atom stereocenters. The van der Waals surface area contributed by atoms with Gasteiger partial charge in [-0.15, -0.1) is 0 Å². The topological polar surface area (TPSA) is 25.2 Å². The van der Waals surface area contributed by atoms with Crippen LogP contribution in [0.5, 0.6) is 0 Å². The third-order valence-electron chi connectivity index (χ3n) is 2.92. The summed E-state index contributed by atoms with van der Waals surface area (Å²) in [5.41, 5.74) is 2.48. The molecule has 0 spiro atoms. The van der Waals surface area contributed by atoms with E-state index in [4.69, 9.17) is 4.42 Å². The van der Waals surface area contributed by atoms with Crippen molar-refractivity contribution in [2.24, 2.45) is 0 Å².